The number of aryl methyl sites for hydroxylation is 2. The molecule has 0 bridgehead atoms. The van der Waals surface area contributed by atoms with Crippen LogP contribution in [-0.4, -0.2) is 38.2 Å². The lowest BCUT2D eigenvalue weighted by Crippen LogP contribution is -2.46. The third-order valence-electron chi connectivity index (χ3n) is 4.47. The highest BCUT2D eigenvalue weighted by Gasteiger charge is 2.28. The van der Waals surface area contributed by atoms with Crippen LogP contribution in [-0.2, 0) is 6.54 Å². The first-order valence-corrected chi connectivity index (χ1v) is 8.26. The fourth-order valence-corrected chi connectivity index (χ4v) is 3.19. The summed E-state index contributed by atoms with van der Waals surface area (Å²) in [5.41, 5.74) is 2.64. The van der Waals surface area contributed by atoms with Gasteiger partial charge < -0.3 is 4.90 Å². The molecule has 6 nitrogen and oxygen atoms in total. The summed E-state index contributed by atoms with van der Waals surface area (Å²) < 4.78 is 1.91. The normalized spacial score (nSPS) is 17.5. The molecule has 124 valence electrons. The van der Waals surface area contributed by atoms with E-state index in [4.69, 9.17) is 5.26 Å². The number of rotatable bonds is 3. The SMILES string of the molecule is Cc1cnn(C[C@H]2CCCCN2C(=O)c2ccc(C#N)c(C)n2)c1. The van der Waals surface area contributed by atoms with Crippen molar-refractivity contribution in [1.82, 2.24) is 19.7 Å². The molecule has 0 spiro atoms. The van der Waals surface area contributed by atoms with Crippen LogP contribution in [0.5, 0.6) is 0 Å². The monoisotopic (exact) mass is 323 g/mol. The summed E-state index contributed by atoms with van der Waals surface area (Å²) in [5, 5.41) is 13.3. The van der Waals surface area contributed by atoms with Gasteiger partial charge in [-0.25, -0.2) is 4.98 Å². The van der Waals surface area contributed by atoms with Gasteiger partial charge in [0.05, 0.1) is 30.0 Å². The average molecular weight is 323 g/mol. The van der Waals surface area contributed by atoms with E-state index in [9.17, 15) is 4.79 Å². The van der Waals surface area contributed by atoms with Crippen LogP contribution in [0.15, 0.2) is 24.5 Å². The molecule has 1 aliphatic rings. The number of carbonyl (C=O) groups is 1. The first kappa shape index (κ1) is 16.2. The van der Waals surface area contributed by atoms with Crippen molar-refractivity contribution in [3.8, 4) is 6.07 Å². The van der Waals surface area contributed by atoms with E-state index in [-0.39, 0.29) is 11.9 Å². The number of nitrogens with zero attached hydrogens (tertiary/aromatic N) is 5. The molecule has 0 unspecified atom stereocenters. The van der Waals surface area contributed by atoms with Crippen molar-refractivity contribution in [3.05, 3.63) is 47.0 Å². The van der Waals surface area contributed by atoms with Crippen LogP contribution in [0.25, 0.3) is 0 Å². The van der Waals surface area contributed by atoms with Crippen LogP contribution in [0.2, 0.25) is 0 Å². The maximum Gasteiger partial charge on any atom is 0.272 e. The Balaban J connectivity index is 1.80. The molecule has 2 aromatic rings. The molecule has 0 radical (unpaired) electrons. The molecule has 1 atom stereocenters. The Morgan fingerprint density at radius 1 is 1.38 bits per heavy atom. The van der Waals surface area contributed by atoms with E-state index in [2.05, 4.69) is 16.2 Å². The average Bonchev–Trinajstić information content (AvgIpc) is 2.99. The van der Waals surface area contributed by atoms with Crippen LogP contribution in [0.1, 0.15) is 46.6 Å². The lowest BCUT2D eigenvalue weighted by Gasteiger charge is -2.35. The molecule has 2 aromatic heterocycles. The van der Waals surface area contributed by atoms with Gasteiger partial charge in [0.15, 0.2) is 0 Å². The number of nitriles is 1. The highest BCUT2D eigenvalue weighted by atomic mass is 16.2. The molecule has 6 heteroatoms. The van der Waals surface area contributed by atoms with Gasteiger partial charge in [0.1, 0.15) is 11.8 Å². The molecule has 1 amide bonds. The van der Waals surface area contributed by atoms with E-state index in [1.165, 1.54) is 0 Å². The molecule has 0 saturated carbocycles. The molecule has 0 aromatic carbocycles. The summed E-state index contributed by atoms with van der Waals surface area (Å²) in [4.78, 5) is 19.1. The number of pyridine rings is 1. The fraction of sp³-hybridized carbons (Fsp3) is 0.444. The standard InChI is InChI=1S/C18H21N5O/c1-13-10-20-22(11-13)12-16-5-3-4-8-23(16)18(24)17-7-6-15(9-19)14(2)21-17/h6-7,10-11,16H,3-5,8,12H2,1-2H3/t16-/m1/s1. The van der Waals surface area contributed by atoms with Gasteiger partial charge >= 0.3 is 0 Å². The minimum absolute atomic E-state index is 0.0591. The van der Waals surface area contributed by atoms with Crippen molar-refractivity contribution < 1.29 is 4.79 Å². The number of hydrogen-bond donors (Lipinski definition) is 0. The minimum Gasteiger partial charge on any atom is -0.332 e. The number of aromatic nitrogens is 3. The van der Waals surface area contributed by atoms with Gasteiger partial charge in [-0.05, 0) is 50.8 Å². The molecule has 24 heavy (non-hydrogen) atoms. The molecule has 0 aliphatic carbocycles. The van der Waals surface area contributed by atoms with Gasteiger partial charge in [-0.15, -0.1) is 0 Å². The van der Waals surface area contributed by atoms with Gasteiger partial charge in [0, 0.05) is 12.7 Å². The quantitative estimate of drug-likeness (QED) is 0.869. The Hall–Kier alpha value is -2.68. The summed E-state index contributed by atoms with van der Waals surface area (Å²) in [6.45, 7) is 5.21. The lowest BCUT2D eigenvalue weighted by molar-refractivity contribution is 0.0577. The van der Waals surface area contributed by atoms with Crippen LogP contribution >= 0.6 is 0 Å². The van der Waals surface area contributed by atoms with Gasteiger partial charge in [-0.1, -0.05) is 0 Å². The van der Waals surface area contributed by atoms with E-state index >= 15 is 0 Å². The Morgan fingerprint density at radius 3 is 2.88 bits per heavy atom. The van der Waals surface area contributed by atoms with Crippen LogP contribution in [0.4, 0.5) is 0 Å². The second-order valence-corrected chi connectivity index (χ2v) is 6.33. The fourth-order valence-electron chi connectivity index (χ4n) is 3.19. The second kappa shape index (κ2) is 6.83. The summed E-state index contributed by atoms with van der Waals surface area (Å²) in [6, 6.07) is 5.54. The van der Waals surface area contributed by atoms with E-state index < -0.39 is 0 Å². The zero-order valence-corrected chi connectivity index (χ0v) is 14.1. The first-order valence-electron chi connectivity index (χ1n) is 8.26. The molecule has 3 heterocycles. The highest BCUT2D eigenvalue weighted by molar-refractivity contribution is 5.92. The number of hydrogen-bond acceptors (Lipinski definition) is 4. The van der Waals surface area contributed by atoms with Crippen molar-refractivity contribution in [2.75, 3.05) is 6.54 Å². The zero-order valence-electron chi connectivity index (χ0n) is 14.1. The molecule has 0 N–H and O–H groups in total. The molecule has 1 fully saturated rings. The predicted octanol–water partition coefficient (Wildman–Crippen LogP) is 2.46. The van der Waals surface area contributed by atoms with Crippen molar-refractivity contribution in [2.45, 2.75) is 45.7 Å². The van der Waals surface area contributed by atoms with Crippen molar-refractivity contribution in [2.24, 2.45) is 0 Å². The molecule has 3 rings (SSSR count). The Labute approximate surface area is 141 Å². The van der Waals surface area contributed by atoms with Crippen LogP contribution in [0.3, 0.4) is 0 Å². The smallest absolute Gasteiger partial charge is 0.272 e. The summed E-state index contributed by atoms with van der Waals surface area (Å²) in [5.74, 6) is -0.0591. The zero-order chi connectivity index (χ0) is 17.1. The number of piperidine rings is 1. The first-order chi connectivity index (χ1) is 11.6. The maximum atomic E-state index is 12.9. The Kier molecular flexibility index (Phi) is 4.61. The van der Waals surface area contributed by atoms with E-state index in [0.29, 0.717) is 23.5 Å². The Morgan fingerprint density at radius 2 is 2.21 bits per heavy atom. The van der Waals surface area contributed by atoms with Crippen molar-refractivity contribution in [3.63, 3.8) is 0 Å². The van der Waals surface area contributed by atoms with Crippen molar-refractivity contribution >= 4 is 5.91 Å². The highest BCUT2D eigenvalue weighted by Crippen LogP contribution is 2.21. The van der Waals surface area contributed by atoms with Crippen molar-refractivity contribution in [1.29, 1.82) is 5.26 Å². The predicted molar refractivity (Wildman–Crippen MR) is 89.3 cm³/mol. The van der Waals surface area contributed by atoms with Crippen LogP contribution in [0, 0.1) is 25.2 Å². The summed E-state index contributed by atoms with van der Waals surface area (Å²) >= 11 is 0. The number of carbonyl (C=O) groups excluding carboxylic acids is 1. The summed E-state index contributed by atoms with van der Waals surface area (Å²) in [6.07, 6.45) is 6.94. The molecular formula is C18H21N5O. The third kappa shape index (κ3) is 3.30. The lowest BCUT2D eigenvalue weighted by atomic mass is 10.0. The molecule has 1 aliphatic heterocycles. The van der Waals surface area contributed by atoms with Gasteiger partial charge in [-0.3, -0.25) is 9.48 Å². The topological polar surface area (TPSA) is 74.8 Å². The molecular weight excluding hydrogens is 302 g/mol. The van der Waals surface area contributed by atoms with E-state index in [1.54, 1.807) is 19.1 Å². The summed E-state index contributed by atoms with van der Waals surface area (Å²) in [7, 11) is 0. The second-order valence-electron chi connectivity index (χ2n) is 6.33. The molecule has 1 saturated heterocycles. The van der Waals surface area contributed by atoms with Gasteiger partial charge in [0.2, 0.25) is 0 Å². The van der Waals surface area contributed by atoms with E-state index in [0.717, 1.165) is 31.4 Å². The maximum absolute atomic E-state index is 12.9. The minimum atomic E-state index is -0.0591. The Bertz CT molecular complexity index is 789. The number of likely N-dealkylation sites (tertiary alicyclic amines) is 1. The van der Waals surface area contributed by atoms with Crippen LogP contribution < -0.4 is 0 Å². The third-order valence-corrected chi connectivity index (χ3v) is 4.47. The largest absolute Gasteiger partial charge is 0.332 e. The van der Waals surface area contributed by atoms with Gasteiger partial charge in [-0.2, -0.15) is 10.4 Å². The van der Waals surface area contributed by atoms with Gasteiger partial charge in [0.25, 0.3) is 5.91 Å². The van der Waals surface area contributed by atoms with E-state index in [1.807, 2.05) is 28.9 Å². The number of amides is 1.